The second-order valence-corrected chi connectivity index (χ2v) is 5.64. The van der Waals surface area contributed by atoms with Gasteiger partial charge in [0, 0.05) is 11.1 Å². The Morgan fingerprint density at radius 2 is 2.43 bits per heavy atom. The maximum atomic E-state index is 5.96. The van der Waals surface area contributed by atoms with Gasteiger partial charge in [-0.1, -0.05) is 11.6 Å². The maximum absolute atomic E-state index is 5.96. The zero-order valence-corrected chi connectivity index (χ0v) is 9.97. The minimum absolute atomic E-state index is 0.794. The molecule has 0 spiro atoms. The number of aryl methyl sites for hydroxylation is 1. The van der Waals surface area contributed by atoms with Gasteiger partial charge in [0.15, 0.2) is 0 Å². The molecule has 2 nitrogen and oxygen atoms in total. The van der Waals surface area contributed by atoms with Crippen molar-refractivity contribution in [2.24, 2.45) is 0 Å². The van der Waals surface area contributed by atoms with Crippen LogP contribution in [0.25, 0.3) is 0 Å². The Labute approximate surface area is 95.6 Å². The highest BCUT2D eigenvalue weighted by Crippen LogP contribution is 2.28. The van der Waals surface area contributed by atoms with Crippen molar-refractivity contribution in [2.75, 3.05) is 5.32 Å². The summed E-state index contributed by atoms with van der Waals surface area (Å²) in [5.41, 5.74) is 1.00. The molecule has 2 heterocycles. The normalized spacial score (nSPS) is 10.4. The topological polar surface area (TPSA) is 24.9 Å². The van der Waals surface area contributed by atoms with Crippen LogP contribution in [0, 0.1) is 6.92 Å². The maximum Gasteiger partial charge on any atom is 0.116 e. The zero-order chi connectivity index (χ0) is 9.97. The Hall–Kier alpha value is -0.580. The van der Waals surface area contributed by atoms with Crippen LogP contribution in [0.3, 0.4) is 0 Å². The third-order valence-corrected chi connectivity index (χ3v) is 3.82. The smallest absolute Gasteiger partial charge is 0.116 e. The standard InChI is InChI=1S/C9H9ClN2S2/c1-6-11-4-7(14-6)5-12-8-2-3-13-9(8)10/h2-4,12H,5H2,1H3. The fourth-order valence-electron chi connectivity index (χ4n) is 1.09. The van der Waals surface area contributed by atoms with E-state index in [2.05, 4.69) is 10.3 Å². The predicted octanol–water partition coefficient (Wildman–Crippen LogP) is 3.78. The van der Waals surface area contributed by atoms with Crippen molar-refractivity contribution in [3.05, 3.63) is 31.9 Å². The van der Waals surface area contributed by atoms with Gasteiger partial charge in [0.25, 0.3) is 0 Å². The minimum Gasteiger partial charge on any atom is -0.378 e. The van der Waals surface area contributed by atoms with Gasteiger partial charge in [0.2, 0.25) is 0 Å². The third-order valence-electron chi connectivity index (χ3n) is 1.74. The molecule has 2 aromatic heterocycles. The number of thiazole rings is 1. The number of thiophene rings is 1. The Morgan fingerprint density at radius 1 is 1.57 bits per heavy atom. The predicted molar refractivity (Wildman–Crippen MR) is 63.5 cm³/mol. The van der Waals surface area contributed by atoms with Crippen LogP contribution >= 0.6 is 34.3 Å². The first-order valence-corrected chi connectivity index (χ1v) is 6.21. The molecule has 0 saturated carbocycles. The Kier molecular flexibility index (Phi) is 3.05. The van der Waals surface area contributed by atoms with Crippen molar-refractivity contribution in [2.45, 2.75) is 13.5 Å². The number of anilines is 1. The number of nitrogens with one attached hydrogen (secondary N) is 1. The molecule has 0 radical (unpaired) electrons. The molecule has 0 aromatic carbocycles. The highest BCUT2D eigenvalue weighted by atomic mass is 35.5. The molecular formula is C9H9ClN2S2. The van der Waals surface area contributed by atoms with E-state index in [1.807, 2.05) is 24.6 Å². The third kappa shape index (κ3) is 2.26. The molecule has 14 heavy (non-hydrogen) atoms. The average Bonchev–Trinajstić information content (AvgIpc) is 2.72. The van der Waals surface area contributed by atoms with Gasteiger partial charge in [-0.2, -0.15) is 0 Å². The molecule has 0 aliphatic heterocycles. The summed E-state index contributed by atoms with van der Waals surface area (Å²) in [7, 11) is 0. The van der Waals surface area contributed by atoms with E-state index in [1.54, 1.807) is 11.3 Å². The van der Waals surface area contributed by atoms with E-state index in [-0.39, 0.29) is 0 Å². The fourth-order valence-corrected chi connectivity index (χ4v) is 2.70. The second-order valence-electron chi connectivity index (χ2n) is 2.81. The Morgan fingerprint density at radius 3 is 3.00 bits per heavy atom. The van der Waals surface area contributed by atoms with Gasteiger partial charge in [0.05, 0.1) is 17.2 Å². The van der Waals surface area contributed by atoms with Gasteiger partial charge in [0.1, 0.15) is 4.34 Å². The van der Waals surface area contributed by atoms with Crippen LogP contribution < -0.4 is 5.32 Å². The van der Waals surface area contributed by atoms with Crippen molar-refractivity contribution in [1.29, 1.82) is 0 Å². The minimum atomic E-state index is 0.794. The molecule has 0 aliphatic rings. The molecule has 0 saturated heterocycles. The van der Waals surface area contributed by atoms with E-state index in [0.29, 0.717) is 0 Å². The summed E-state index contributed by atoms with van der Waals surface area (Å²) in [4.78, 5) is 5.41. The summed E-state index contributed by atoms with van der Waals surface area (Å²) < 4.78 is 0.811. The van der Waals surface area contributed by atoms with Crippen molar-refractivity contribution in [3.8, 4) is 0 Å². The van der Waals surface area contributed by atoms with E-state index >= 15 is 0 Å². The SMILES string of the molecule is Cc1ncc(CNc2ccsc2Cl)s1. The molecule has 74 valence electrons. The van der Waals surface area contributed by atoms with Gasteiger partial charge in [-0.15, -0.1) is 22.7 Å². The zero-order valence-electron chi connectivity index (χ0n) is 7.58. The number of aromatic nitrogens is 1. The summed E-state index contributed by atoms with van der Waals surface area (Å²) in [6.07, 6.45) is 1.90. The molecule has 0 bridgehead atoms. The molecule has 0 atom stereocenters. The fraction of sp³-hybridized carbons (Fsp3) is 0.222. The van der Waals surface area contributed by atoms with Gasteiger partial charge in [-0.05, 0) is 18.4 Å². The second kappa shape index (κ2) is 4.29. The van der Waals surface area contributed by atoms with Crippen molar-refractivity contribution >= 4 is 40.0 Å². The molecule has 2 aromatic rings. The first kappa shape index (κ1) is 9.96. The average molecular weight is 245 g/mol. The van der Waals surface area contributed by atoms with E-state index < -0.39 is 0 Å². The van der Waals surface area contributed by atoms with Crippen LogP contribution in [-0.2, 0) is 6.54 Å². The van der Waals surface area contributed by atoms with Gasteiger partial charge < -0.3 is 5.32 Å². The van der Waals surface area contributed by atoms with Crippen molar-refractivity contribution in [1.82, 2.24) is 4.98 Å². The lowest BCUT2D eigenvalue weighted by Gasteiger charge is -2.01. The van der Waals surface area contributed by atoms with Crippen LogP contribution in [-0.4, -0.2) is 4.98 Å². The molecule has 0 unspecified atom stereocenters. The summed E-state index contributed by atoms with van der Waals surface area (Å²) in [5.74, 6) is 0. The number of hydrogen-bond acceptors (Lipinski definition) is 4. The summed E-state index contributed by atoms with van der Waals surface area (Å²) >= 11 is 9.19. The number of rotatable bonds is 3. The van der Waals surface area contributed by atoms with E-state index in [1.165, 1.54) is 16.2 Å². The van der Waals surface area contributed by atoms with E-state index in [0.717, 1.165) is 21.6 Å². The van der Waals surface area contributed by atoms with Crippen molar-refractivity contribution in [3.63, 3.8) is 0 Å². The first-order chi connectivity index (χ1) is 6.75. The monoisotopic (exact) mass is 244 g/mol. The summed E-state index contributed by atoms with van der Waals surface area (Å²) in [5, 5.41) is 6.34. The summed E-state index contributed by atoms with van der Waals surface area (Å²) in [6, 6.07) is 1.99. The van der Waals surface area contributed by atoms with Crippen molar-refractivity contribution < 1.29 is 0 Å². The molecule has 5 heteroatoms. The van der Waals surface area contributed by atoms with Crippen LogP contribution in [0.1, 0.15) is 9.88 Å². The van der Waals surface area contributed by atoms with Crippen LogP contribution in [0.15, 0.2) is 17.6 Å². The summed E-state index contributed by atoms with van der Waals surface area (Å²) in [6.45, 7) is 2.80. The van der Waals surface area contributed by atoms with Crippen LogP contribution in [0.4, 0.5) is 5.69 Å². The van der Waals surface area contributed by atoms with Crippen LogP contribution in [0.5, 0.6) is 0 Å². The highest BCUT2D eigenvalue weighted by molar-refractivity contribution is 7.15. The molecule has 0 amide bonds. The van der Waals surface area contributed by atoms with Crippen LogP contribution in [0.2, 0.25) is 4.34 Å². The van der Waals surface area contributed by atoms with E-state index in [4.69, 9.17) is 11.6 Å². The molecule has 1 N–H and O–H groups in total. The quantitative estimate of drug-likeness (QED) is 0.889. The first-order valence-electron chi connectivity index (χ1n) is 4.14. The Bertz CT molecular complexity index is 422. The number of nitrogens with zero attached hydrogens (tertiary/aromatic N) is 1. The molecule has 0 fully saturated rings. The lowest BCUT2D eigenvalue weighted by atomic mass is 10.5. The Balaban J connectivity index is 1.98. The number of hydrogen-bond donors (Lipinski definition) is 1. The van der Waals surface area contributed by atoms with Gasteiger partial charge in [-0.25, -0.2) is 4.98 Å². The molecule has 2 rings (SSSR count). The van der Waals surface area contributed by atoms with Gasteiger partial charge in [-0.3, -0.25) is 0 Å². The largest absolute Gasteiger partial charge is 0.378 e. The van der Waals surface area contributed by atoms with Gasteiger partial charge >= 0.3 is 0 Å². The highest BCUT2D eigenvalue weighted by Gasteiger charge is 2.02. The molecular weight excluding hydrogens is 236 g/mol. The lowest BCUT2D eigenvalue weighted by molar-refractivity contribution is 1.17. The number of halogens is 1. The van der Waals surface area contributed by atoms with E-state index in [9.17, 15) is 0 Å². The molecule has 0 aliphatic carbocycles. The lowest BCUT2D eigenvalue weighted by Crippen LogP contribution is -1.95.